The highest BCUT2D eigenvalue weighted by atomic mass is 35.5. The van der Waals surface area contributed by atoms with Crippen LogP contribution in [-0.4, -0.2) is 20.7 Å². The summed E-state index contributed by atoms with van der Waals surface area (Å²) in [5, 5.41) is 11.9. The number of nitrogens with zero attached hydrogens (tertiary/aromatic N) is 3. The highest BCUT2D eigenvalue weighted by molar-refractivity contribution is 8.00. The van der Waals surface area contributed by atoms with Gasteiger partial charge >= 0.3 is 5.76 Å². The molecule has 4 rings (SSSR count). The minimum atomic E-state index is -0.479. The molecule has 0 fully saturated rings. The number of benzene rings is 2. The third-order valence-electron chi connectivity index (χ3n) is 4.10. The summed E-state index contributed by atoms with van der Waals surface area (Å²) in [4.78, 5) is 24.2. The number of anilines is 1. The number of fused-ring (bicyclic) bond motifs is 1. The molecule has 0 saturated carbocycles. The quantitative estimate of drug-likeness (QED) is 0.334. The van der Waals surface area contributed by atoms with E-state index in [0.29, 0.717) is 27.0 Å². The van der Waals surface area contributed by atoms with E-state index in [1.165, 1.54) is 27.7 Å². The minimum absolute atomic E-state index is 0.116. The van der Waals surface area contributed by atoms with Crippen LogP contribution in [0, 0.1) is 0 Å². The fourth-order valence-electron chi connectivity index (χ4n) is 2.69. The molecule has 1 amide bonds. The van der Waals surface area contributed by atoms with Gasteiger partial charge in [0, 0.05) is 23.7 Å². The SMILES string of the molecule is O=C(CCn1c(=O)oc2ccccc21)Nc1nnc(SCc2ccccc2Cl)s1. The summed E-state index contributed by atoms with van der Waals surface area (Å²) >= 11 is 8.95. The molecule has 0 aliphatic rings. The molecule has 0 spiro atoms. The van der Waals surface area contributed by atoms with Gasteiger partial charge in [0.2, 0.25) is 11.0 Å². The van der Waals surface area contributed by atoms with Gasteiger partial charge in [-0.05, 0) is 23.8 Å². The summed E-state index contributed by atoms with van der Waals surface area (Å²) in [6.45, 7) is 0.217. The molecule has 2 aromatic heterocycles. The number of amides is 1. The highest BCUT2D eigenvalue weighted by Crippen LogP contribution is 2.30. The molecule has 4 aromatic rings. The van der Waals surface area contributed by atoms with Gasteiger partial charge < -0.3 is 9.73 Å². The standard InChI is InChI=1S/C19H15ClN4O3S2/c20-13-6-2-1-5-12(13)11-28-18-23-22-17(29-18)21-16(25)9-10-24-14-7-3-4-8-15(14)27-19(24)26/h1-8H,9-11H2,(H,21,22,25). The summed E-state index contributed by atoms with van der Waals surface area (Å²) < 4.78 is 7.35. The van der Waals surface area contributed by atoms with Crippen LogP contribution in [0.5, 0.6) is 0 Å². The molecule has 1 N–H and O–H groups in total. The second-order valence-corrected chi connectivity index (χ2v) is 8.65. The Balaban J connectivity index is 1.33. The molecule has 0 saturated heterocycles. The molecule has 0 bridgehead atoms. The molecule has 2 aromatic carbocycles. The maximum atomic E-state index is 12.2. The summed E-state index contributed by atoms with van der Waals surface area (Å²) in [6, 6.07) is 14.7. The summed E-state index contributed by atoms with van der Waals surface area (Å²) in [5.74, 6) is -0.0622. The van der Waals surface area contributed by atoms with Crippen molar-refractivity contribution in [3.8, 4) is 0 Å². The van der Waals surface area contributed by atoms with Gasteiger partial charge in [0.15, 0.2) is 9.92 Å². The molecule has 0 atom stereocenters. The highest BCUT2D eigenvalue weighted by Gasteiger charge is 2.13. The lowest BCUT2D eigenvalue weighted by atomic mass is 10.2. The Hall–Kier alpha value is -2.62. The van der Waals surface area contributed by atoms with E-state index in [0.717, 1.165) is 9.90 Å². The summed E-state index contributed by atoms with van der Waals surface area (Å²) in [7, 11) is 0. The first-order valence-corrected chi connectivity index (χ1v) is 10.9. The van der Waals surface area contributed by atoms with E-state index >= 15 is 0 Å². The number of hydrogen-bond acceptors (Lipinski definition) is 7. The van der Waals surface area contributed by atoms with Gasteiger partial charge in [0.25, 0.3) is 0 Å². The van der Waals surface area contributed by atoms with E-state index in [1.807, 2.05) is 30.3 Å². The normalized spacial score (nSPS) is 11.1. The molecule has 148 valence electrons. The van der Waals surface area contributed by atoms with E-state index in [9.17, 15) is 9.59 Å². The smallest absolute Gasteiger partial charge is 0.408 e. The molecule has 7 nitrogen and oxygen atoms in total. The van der Waals surface area contributed by atoms with Gasteiger partial charge in [0.05, 0.1) is 5.52 Å². The predicted molar refractivity (Wildman–Crippen MR) is 115 cm³/mol. The molecule has 29 heavy (non-hydrogen) atoms. The van der Waals surface area contributed by atoms with Crippen LogP contribution < -0.4 is 11.1 Å². The third kappa shape index (κ3) is 4.69. The maximum Gasteiger partial charge on any atom is 0.419 e. The Labute approximate surface area is 178 Å². The van der Waals surface area contributed by atoms with Crippen molar-refractivity contribution in [3.05, 3.63) is 69.7 Å². The van der Waals surface area contributed by atoms with Crippen LogP contribution in [0.1, 0.15) is 12.0 Å². The average molecular weight is 447 g/mol. The fraction of sp³-hybridized carbons (Fsp3) is 0.158. The fourth-order valence-corrected chi connectivity index (χ4v) is 4.75. The number of halogens is 1. The number of carbonyl (C=O) groups excluding carboxylic acids is 1. The number of hydrogen-bond donors (Lipinski definition) is 1. The van der Waals surface area contributed by atoms with Crippen LogP contribution in [0.25, 0.3) is 11.1 Å². The lowest BCUT2D eigenvalue weighted by molar-refractivity contribution is -0.116. The van der Waals surface area contributed by atoms with Crippen LogP contribution in [0.2, 0.25) is 5.02 Å². The Morgan fingerprint density at radius 1 is 1.17 bits per heavy atom. The molecule has 0 radical (unpaired) electrons. The topological polar surface area (TPSA) is 90.0 Å². The lowest BCUT2D eigenvalue weighted by Gasteiger charge is -2.02. The monoisotopic (exact) mass is 446 g/mol. The molecule has 0 aliphatic carbocycles. The number of oxazole rings is 1. The van der Waals surface area contributed by atoms with Crippen molar-refractivity contribution in [2.45, 2.75) is 23.1 Å². The number of thioether (sulfide) groups is 1. The van der Waals surface area contributed by atoms with E-state index in [1.54, 1.807) is 18.2 Å². The van der Waals surface area contributed by atoms with Crippen LogP contribution >= 0.6 is 34.7 Å². The lowest BCUT2D eigenvalue weighted by Crippen LogP contribution is -2.19. The second kappa shape index (κ2) is 8.81. The van der Waals surface area contributed by atoms with Gasteiger partial charge in [-0.1, -0.05) is 65.0 Å². The zero-order valence-corrected chi connectivity index (χ0v) is 17.4. The second-order valence-electron chi connectivity index (χ2n) is 6.04. The van der Waals surface area contributed by atoms with E-state index in [2.05, 4.69) is 15.5 Å². The molecule has 2 heterocycles. The first-order chi connectivity index (χ1) is 14.1. The van der Waals surface area contributed by atoms with Crippen molar-refractivity contribution < 1.29 is 9.21 Å². The Morgan fingerprint density at radius 2 is 1.97 bits per heavy atom. The van der Waals surface area contributed by atoms with Gasteiger partial charge in [0.1, 0.15) is 0 Å². The van der Waals surface area contributed by atoms with Crippen molar-refractivity contribution in [1.29, 1.82) is 0 Å². The Bertz CT molecular complexity index is 1220. The Kier molecular flexibility index (Phi) is 5.98. The van der Waals surface area contributed by atoms with Crippen LogP contribution in [0.15, 0.2) is 62.1 Å². The maximum absolute atomic E-state index is 12.2. The predicted octanol–water partition coefficient (Wildman–Crippen LogP) is 4.42. The van der Waals surface area contributed by atoms with Gasteiger partial charge in [-0.25, -0.2) is 4.79 Å². The molecule has 10 heteroatoms. The largest absolute Gasteiger partial charge is 0.419 e. The molecule has 0 aliphatic heterocycles. The number of para-hydroxylation sites is 2. The summed E-state index contributed by atoms with van der Waals surface area (Å²) in [6.07, 6.45) is 0.116. The van der Waals surface area contributed by atoms with Crippen molar-refractivity contribution in [2.24, 2.45) is 0 Å². The zero-order valence-electron chi connectivity index (χ0n) is 15.0. The Morgan fingerprint density at radius 3 is 2.83 bits per heavy atom. The number of aromatic nitrogens is 3. The minimum Gasteiger partial charge on any atom is -0.408 e. The molecule has 0 unspecified atom stereocenters. The van der Waals surface area contributed by atoms with Gasteiger partial charge in [-0.15, -0.1) is 10.2 Å². The van der Waals surface area contributed by atoms with Crippen LogP contribution in [0.3, 0.4) is 0 Å². The third-order valence-corrected chi connectivity index (χ3v) is 6.49. The molecular weight excluding hydrogens is 432 g/mol. The van der Waals surface area contributed by atoms with E-state index in [-0.39, 0.29) is 18.9 Å². The average Bonchev–Trinajstić information content (AvgIpc) is 3.29. The zero-order chi connectivity index (χ0) is 20.2. The molecular formula is C19H15ClN4O3S2. The van der Waals surface area contributed by atoms with Gasteiger partial charge in [-0.3, -0.25) is 9.36 Å². The van der Waals surface area contributed by atoms with Crippen LogP contribution in [0.4, 0.5) is 5.13 Å². The van der Waals surface area contributed by atoms with E-state index in [4.69, 9.17) is 16.0 Å². The number of nitrogens with one attached hydrogen (secondary N) is 1. The number of rotatable bonds is 7. The van der Waals surface area contributed by atoms with Crippen molar-refractivity contribution in [3.63, 3.8) is 0 Å². The van der Waals surface area contributed by atoms with Crippen molar-refractivity contribution in [2.75, 3.05) is 5.32 Å². The van der Waals surface area contributed by atoms with Gasteiger partial charge in [-0.2, -0.15) is 0 Å². The van der Waals surface area contributed by atoms with E-state index < -0.39 is 5.76 Å². The number of carbonyl (C=O) groups is 1. The number of aryl methyl sites for hydroxylation is 1. The van der Waals surface area contributed by atoms with Crippen LogP contribution in [-0.2, 0) is 17.1 Å². The summed E-state index contributed by atoms with van der Waals surface area (Å²) in [5.41, 5.74) is 2.18. The van der Waals surface area contributed by atoms with Crippen molar-refractivity contribution in [1.82, 2.24) is 14.8 Å². The van der Waals surface area contributed by atoms with Crippen molar-refractivity contribution >= 4 is 56.8 Å². The first-order valence-electron chi connectivity index (χ1n) is 8.68. The first kappa shape index (κ1) is 19.7.